The highest BCUT2D eigenvalue weighted by Crippen LogP contribution is 2.40. The van der Waals surface area contributed by atoms with Gasteiger partial charge in [0.1, 0.15) is 0 Å². The Balaban J connectivity index is 2.72. The maximum Gasteiger partial charge on any atom is 0.0147 e. The standard InChI is InChI=1S/C18H38N2/c1-9-18(5,6)20(8)13-14-12-15(17(2,3)4)10-11-16(14)19-7/h14-16,19H,9-13H2,1-8H3. The summed E-state index contributed by atoms with van der Waals surface area (Å²) in [6.07, 6.45) is 5.30. The van der Waals surface area contributed by atoms with Crippen LogP contribution in [-0.2, 0) is 0 Å². The fourth-order valence-corrected chi connectivity index (χ4v) is 3.50. The van der Waals surface area contributed by atoms with Crippen molar-refractivity contribution >= 4 is 0 Å². The first-order chi connectivity index (χ1) is 9.11. The number of hydrogen-bond acceptors (Lipinski definition) is 2. The quantitative estimate of drug-likeness (QED) is 0.814. The van der Waals surface area contributed by atoms with Crippen LogP contribution in [0, 0.1) is 17.3 Å². The molecule has 3 unspecified atom stereocenters. The van der Waals surface area contributed by atoms with Crippen LogP contribution in [0.2, 0.25) is 0 Å². The Morgan fingerprint density at radius 3 is 2.15 bits per heavy atom. The molecule has 120 valence electrons. The summed E-state index contributed by atoms with van der Waals surface area (Å²) < 4.78 is 0. The molecule has 0 aromatic heterocycles. The maximum absolute atomic E-state index is 3.57. The summed E-state index contributed by atoms with van der Waals surface area (Å²) in [4.78, 5) is 2.58. The van der Waals surface area contributed by atoms with Crippen LogP contribution in [0.25, 0.3) is 0 Å². The highest BCUT2D eigenvalue weighted by Gasteiger charge is 2.36. The molecule has 0 radical (unpaired) electrons. The number of rotatable bonds is 5. The van der Waals surface area contributed by atoms with E-state index in [9.17, 15) is 0 Å². The van der Waals surface area contributed by atoms with E-state index in [0.29, 0.717) is 17.0 Å². The van der Waals surface area contributed by atoms with Crippen molar-refractivity contribution in [3.63, 3.8) is 0 Å². The number of nitrogens with one attached hydrogen (secondary N) is 1. The van der Waals surface area contributed by atoms with Gasteiger partial charge in [0.2, 0.25) is 0 Å². The van der Waals surface area contributed by atoms with Crippen molar-refractivity contribution in [2.75, 3.05) is 20.6 Å². The maximum atomic E-state index is 3.57. The van der Waals surface area contributed by atoms with Crippen molar-refractivity contribution in [3.8, 4) is 0 Å². The molecule has 2 heteroatoms. The van der Waals surface area contributed by atoms with Crippen LogP contribution in [0.5, 0.6) is 0 Å². The molecule has 1 saturated carbocycles. The highest BCUT2D eigenvalue weighted by atomic mass is 15.2. The van der Waals surface area contributed by atoms with Gasteiger partial charge in [0, 0.05) is 18.1 Å². The van der Waals surface area contributed by atoms with Gasteiger partial charge in [-0.05, 0) is 70.9 Å². The first kappa shape index (κ1) is 18.0. The smallest absolute Gasteiger partial charge is 0.0147 e. The van der Waals surface area contributed by atoms with Crippen molar-refractivity contribution in [1.29, 1.82) is 0 Å². The highest BCUT2D eigenvalue weighted by molar-refractivity contribution is 4.91. The zero-order valence-corrected chi connectivity index (χ0v) is 15.2. The number of nitrogens with zero attached hydrogens (tertiary/aromatic N) is 1. The molecule has 1 aliphatic carbocycles. The summed E-state index contributed by atoms with van der Waals surface area (Å²) in [7, 11) is 4.44. The zero-order valence-electron chi connectivity index (χ0n) is 15.2. The van der Waals surface area contributed by atoms with E-state index < -0.39 is 0 Å². The van der Waals surface area contributed by atoms with Crippen LogP contribution >= 0.6 is 0 Å². The van der Waals surface area contributed by atoms with Crippen molar-refractivity contribution in [2.24, 2.45) is 17.3 Å². The first-order valence-corrected chi connectivity index (χ1v) is 8.50. The molecule has 1 aliphatic rings. The summed E-state index contributed by atoms with van der Waals surface area (Å²) >= 11 is 0. The molecule has 0 heterocycles. The van der Waals surface area contributed by atoms with Crippen LogP contribution in [0.4, 0.5) is 0 Å². The van der Waals surface area contributed by atoms with Gasteiger partial charge in [-0.15, -0.1) is 0 Å². The summed E-state index contributed by atoms with van der Waals surface area (Å²) in [5.41, 5.74) is 0.767. The van der Waals surface area contributed by atoms with Gasteiger partial charge in [-0.25, -0.2) is 0 Å². The van der Waals surface area contributed by atoms with E-state index in [1.54, 1.807) is 0 Å². The second-order valence-corrected chi connectivity index (χ2v) is 8.58. The normalized spacial score (nSPS) is 28.9. The van der Waals surface area contributed by atoms with E-state index in [2.05, 4.69) is 65.9 Å². The summed E-state index contributed by atoms with van der Waals surface area (Å²) in [6, 6.07) is 0.698. The molecule has 1 fully saturated rings. The molecule has 1 N–H and O–H groups in total. The van der Waals surface area contributed by atoms with E-state index >= 15 is 0 Å². The van der Waals surface area contributed by atoms with Crippen molar-refractivity contribution in [1.82, 2.24) is 10.2 Å². The molecule has 20 heavy (non-hydrogen) atoms. The average molecular weight is 283 g/mol. The predicted octanol–water partition coefficient (Wildman–Crippen LogP) is 4.16. The third kappa shape index (κ3) is 4.46. The Labute approximate surface area is 127 Å². The monoisotopic (exact) mass is 282 g/mol. The summed E-state index contributed by atoms with van der Waals surface area (Å²) in [6.45, 7) is 15.5. The SMILES string of the molecule is CCC(C)(C)N(C)CC1CC(C(C)(C)C)CCC1NC. The lowest BCUT2D eigenvalue weighted by atomic mass is 9.67. The lowest BCUT2D eigenvalue weighted by Crippen LogP contribution is -2.50. The molecule has 1 rings (SSSR count). The fourth-order valence-electron chi connectivity index (χ4n) is 3.50. The summed E-state index contributed by atoms with van der Waals surface area (Å²) in [5.74, 6) is 1.66. The van der Waals surface area contributed by atoms with Gasteiger partial charge in [-0.1, -0.05) is 27.7 Å². The van der Waals surface area contributed by atoms with E-state index in [1.165, 1.54) is 32.2 Å². The Morgan fingerprint density at radius 2 is 1.70 bits per heavy atom. The van der Waals surface area contributed by atoms with Gasteiger partial charge < -0.3 is 10.2 Å². The average Bonchev–Trinajstić information content (AvgIpc) is 2.37. The van der Waals surface area contributed by atoms with Crippen molar-refractivity contribution < 1.29 is 0 Å². The van der Waals surface area contributed by atoms with E-state index in [1.807, 2.05) is 0 Å². The molecule has 2 nitrogen and oxygen atoms in total. The lowest BCUT2D eigenvalue weighted by Gasteiger charge is -2.45. The van der Waals surface area contributed by atoms with Crippen LogP contribution in [0.1, 0.15) is 67.2 Å². The zero-order chi connectivity index (χ0) is 15.6. The van der Waals surface area contributed by atoms with Crippen LogP contribution in [0.15, 0.2) is 0 Å². The van der Waals surface area contributed by atoms with Gasteiger partial charge in [0.15, 0.2) is 0 Å². The molecule has 0 spiro atoms. The van der Waals surface area contributed by atoms with E-state index in [0.717, 1.165) is 11.8 Å². The Kier molecular flexibility index (Phi) is 6.10. The third-order valence-electron chi connectivity index (χ3n) is 5.98. The second kappa shape index (κ2) is 6.79. The topological polar surface area (TPSA) is 15.3 Å². The Morgan fingerprint density at radius 1 is 1.10 bits per heavy atom. The minimum Gasteiger partial charge on any atom is -0.317 e. The molecular weight excluding hydrogens is 244 g/mol. The molecule has 0 aliphatic heterocycles. The van der Waals surface area contributed by atoms with Gasteiger partial charge in [-0.3, -0.25) is 0 Å². The van der Waals surface area contributed by atoms with Crippen molar-refractivity contribution in [3.05, 3.63) is 0 Å². The van der Waals surface area contributed by atoms with Crippen molar-refractivity contribution in [2.45, 2.75) is 78.8 Å². The molecular formula is C18H38N2. The Bertz CT molecular complexity index is 290. The largest absolute Gasteiger partial charge is 0.317 e. The van der Waals surface area contributed by atoms with E-state index in [4.69, 9.17) is 0 Å². The predicted molar refractivity (Wildman–Crippen MR) is 90.1 cm³/mol. The lowest BCUT2D eigenvalue weighted by molar-refractivity contribution is 0.0629. The molecule has 0 aromatic carbocycles. The minimum absolute atomic E-state index is 0.312. The molecule has 0 bridgehead atoms. The third-order valence-corrected chi connectivity index (χ3v) is 5.98. The van der Waals surface area contributed by atoms with Gasteiger partial charge in [0.05, 0.1) is 0 Å². The number of hydrogen-bond donors (Lipinski definition) is 1. The Hall–Kier alpha value is -0.0800. The minimum atomic E-state index is 0.312. The van der Waals surface area contributed by atoms with Gasteiger partial charge >= 0.3 is 0 Å². The summed E-state index contributed by atoms with van der Waals surface area (Å²) in [5, 5.41) is 3.57. The van der Waals surface area contributed by atoms with Gasteiger partial charge in [0.25, 0.3) is 0 Å². The van der Waals surface area contributed by atoms with E-state index in [-0.39, 0.29) is 0 Å². The first-order valence-electron chi connectivity index (χ1n) is 8.50. The fraction of sp³-hybridized carbons (Fsp3) is 1.00. The second-order valence-electron chi connectivity index (χ2n) is 8.58. The molecule has 0 saturated heterocycles. The van der Waals surface area contributed by atoms with Gasteiger partial charge in [-0.2, -0.15) is 0 Å². The van der Waals surface area contributed by atoms with Crippen LogP contribution in [0.3, 0.4) is 0 Å². The molecule has 3 atom stereocenters. The van der Waals surface area contributed by atoms with Crippen LogP contribution in [-0.4, -0.2) is 37.1 Å². The molecule has 0 aromatic rings. The van der Waals surface area contributed by atoms with Crippen LogP contribution < -0.4 is 5.32 Å². The molecule has 0 amide bonds.